The summed E-state index contributed by atoms with van der Waals surface area (Å²) < 4.78 is 10.6. The summed E-state index contributed by atoms with van der Waals surface area (Å²) in [6.45, 7) is 2.04. The van der Waals surface area contributed by atoms with E-state index in [9.17, 15) is 9.59 Å². The Labute approximate surface area is 170 Å². The smallest absolute Gasteiger partial charge is 0.232 e. The molecule has 0 radical (unpaired) electrons. The van der Waals surface area contributed by atoms with Crippen molar-refractivity contribution in [3.8, 4) is 11.5 Å². The van der Waals surface area contributed by atoms with Gasteiger partial charge in [-0.15, -0.1) is 0 Å². The molecule has 6 nitrogen and oxygen atoms in total. The fourth-order valence-corrected chi connectivity index (χ4v) is 3.90. The summed E-state index contributed by atoms with van der Waals surface area (Å²) in [6.07, 6.45) is 2.92. The van der Waals surface area contributed by atoms with Crippen LogP contribution in [0.3, 0.4) is 0 Å². The highest BCUT2D eigenvalue weighted by atomic mass is 16.7. The molecular weight excluding hydrogens is 368 g/mol. The lowest BCUT2D eigenvalue weighted by atomic mass is 9.90. The van der Waals surface area contributed by atoms with Gasteiger partial charge in [-0.3, -0.25) is 9.59 Å². The van der Waals surface area contributed by atoms with E-state index in [1.807, 2.05) is 29.2 Å². The van der Waals surface area contributed by atoms with Crippen molar-refractivity contribution < 1.29 is 19.1 Å². The van der Waals surface area contributed by atoms with Gasteiger partial charge in [0.2, 0.25) is 18.6 Å². The van der Waals surface area contributed by atoms with Crippen molar-refractivity contribution in [1.82, 2.24) is 10.2 Å². The Morgan fingerprint density at radius 1 is 0.966 bits per heavy atom. The Morgan fingerprint density at radius 3 is 2.52 bits per heavy atom. The van der Waals surface area contributed by atoms with Gasteiger partial charge in [-0.25, -0.2) is 0 Å². The predicted molar refractivity (Wildman–Crippen MR) is 108 cm³/mol. The minimum absolute atomic E-state index is 0.0913. The molecule has 152 valence electrons. The molecule has 1 fully saturated rings. The Balaban J connectivity index is 1.19. The van der Waals surface area contributed by atoms with Crippen LogP contribution in [0, 0.1) is 5.92 Å². The number of piperidine rings is 1. The van der Waals surface area contributed by atoms with Crippen LogP contribution in [-0.4, -0.2) is 36.6 Å². The van der Waals surface area contributed by atoms with E-state index in [2.05, 4.69) is 29.6 Å². The van der Waals surface area contributed by atoms with Gasteiger partial charge in [-0.2, -0.15) is 0 Å². The van der Waals surface area contributed by atoms with Crippen LogP contribution in [0.5, 0.6) is 11.5 Å². The second-order valence-electron chi connectivity index (χ2n) is 7.66. The molecule has 0 atom stereocenters. The van der Waals surface area contributed by atoms with Gasteiger partial charge in [0.05, 0.1) is 0 Å². The molecule has 0 spiro atoms. The number of carbonyl (C=O) groups is 2. The number of nitrogens with zero attached hydrogens (tertiary/aromatic N) is 1. The number of nitrogens with one attached hydrogen (secondary N) is 1. The summed E-state index contributed by atoms with van der Waals surface area (Å²) in [5, 5.41) is 2.82. The number of hydrogen-bond acceptors (Lipinski definition) is 4. The van der Waals surface area contributed by atoms with Crippen molar-refractivity contribution >= 4 is 11.8 Å². The van der Waals surface area contributed by atoms with Gasteiger partial charge < -0.3 is 19.7 Å². The van der Waals surface area contributed by atoms with E-state index in [-0.39, 0.29) is 25.0 Å². The second-order valence-corrected chi connectivity index (χ2v) is 7.66. The molecule has 0 aliphatic carbocycles. The molecule has 0 saturated carbocycles. The largest absolute Gasteiger partial charge is 0.454 e. The number of fused-ring (bicyclic) bond motifs is 1. The Kier molecular flexibility index (Phi) is 5.98. The van der Waals surface area contributed by atoms with E-state index in [4.69, 9.17) is 9.47 Å². The molecule has 2 aliphatic heterocycles. The van der Waals surface area contributed by atoms with E-state index >= 15 is 0 Å². The molecule has 2 heterocycles. The number of benzene rings is 2. The van der Waals surface area contributed by atoms with Crippen molar-refractivity contribution in [2.45, 2.75) is 32.2 Å². The zero-order valence-electron chi connectivity index (χ0n) is 16.4. The van der Waals surface area contributed by atoms with Crippen molar-refractivity contribution in [3.05, 3.63) is 59.7 Å². The van der Waals surface area contributed by atoms with Crippen LogP contribution in [-0.2, 0) is 22.6 Å². The molecular formula is C23H26N2O4. The SMILES string of the molecule is O=C(CC(=O)N1CCC(Cc2ccccc2)CC1)NCc1ccc2c(c1)OCO2. The standard InChI is InChI=1S/C23H26N2O4/c26-22(24-15-19-6-7-20-21(13-19)29-16-28-20)14-23(27)25-10-8-18(9-11-25)12-17-4-2-1-3-5-17/h1-7,13,18H,8-12,14-16H2,(H,24,26). The molecule has 1 saturated heterocycles. The lowest BCUT2D eigenvalue weighted by molar-refractivity contribution is -0.137. The average molecular weight is 394 g/mol. The van der Waals surface area contributed by atoms with Gasteiger partial charge in [0.15, 0.2) is 11.5 Å². The topological polar surface area (TPSA) is 67.9 Å². The molecule has 1 N–H and O–H groups in total. The maximum atomic E-state index is 12.5. The monoisotopic (exact) mass is 394 g/mol. The molecule has 0 aromatic heterocycles. The van der Waals surface area contributed by atoms with Crippen molar-refractivity contribution in [2.75, 3.05) is 19.9 Å². The summed E-state index contributed by atoms with van der Waals surface area (Å²) in [4.78, 5) is 26.5. The summed E-state index contributed by atoms with van der Waals surface area (Å²) in [5.74, 6) is 1.66. The van der Waals surface area contributed by atoms with Crippen molar-refractivity contribution in [1.29, 1.82) is 0 Å². The molecule has 2 amide bonds. The highest BCUT2D eigenvalue weighted by Gasteiger charge is 2.24. The molecule has 0 bridgehead atoms. The zero-order chi connectivity index (χ0) is 20.1. The first kappa shape index (κ1) is 19.3. The van der Waals surface area contributed by atoms with Gasteiger partial charge in [-0.05, 0) is 48.4 Å². The van der Waals surface area contributed by atoms with Crippen molar-refractivity contribution in [2.24, 2.45) is 5.92 Å². The maximum Gasteiger partial charge on any atom is 0.232 e. The molecule has 6 heteroatoms. The Bertz CT molecular complexity index is 860. The molecule has 2 aromatic rings. The summed E-state index contributed by atoms with van der Waals surface area (Å²) in [5.41, 5.74) is 2.26. The summed E-state index contributed by atoms with van der Waals surface area (Å²) in [7, 11) is 0. The highest BCUT2D eigenvalue weighted by molar-refractivity contribution is 5.96. The van der Waals surface area contributed by atoms with Crippen LogP contribution in [0.1, 0.15) is 30.4 Å². The van der Waals surface area contributed by atoms with E-state index in [1.165, 1.54) is 5.56 Å². The molecule has 29 heavy (non-hydrogen) atoms. The second kappa shape index (κ2) is 8.99. The van der Waals surface area contributed by atoms with E-state index in [1.54, 1.807) is 0 Å². The van der Waals surface area contributed by atoms with Gasteiger partial charge in [0, 0.05) is 19.6 Å². The fraction of sp³-hybridized carbons (Fsp3) is 0.391. The number of likely N-dealkylation sites (tertiary alicyclic amines) is 1. The van der Waals surface area contributed by atoms with Crippen LogP contribution in [0.2, 0.25) is 0 Å². The normalized spacial score (nSPS) is 15.9. The van der Waals surface area contributed by atoms with Gasteiger partial charge >= 0.3 is 0 Å². The minimum Gasteiger partial charge on any atom is -0.454 e. The van der Waals surface area contributed by atoms with Crippen LogP contribution in [0.25, 0.3) is 0 Å². The number of rotatable bonds is 6. The third-order valence-corrected chi connectivity index (χ3v) is 5.57. The zero-order valence-corrected chi connectivity index (χ0v) is 16.4. The Hall–Kier alpha value is -3.02. The van der Waals surface area contributed by atoms with Crippen molar-refractivity contribution in [3.63, 3.8) is 0 Å². The minimum atomic E-state index is -0.251. The lowest BCUT2D eigenvalue weighted by Gasteiger charge is -2.32. The van der Waals surface area contributed by atoms with Crippen LogP contribution in [0.15, 0.2) is 48.5 Å². The quantitative estimate of drug-likeness (QED) is 0.765. The maximum absolute atomic E-state index is 12.5. The van der Waals surface area contributed by atoms with Gasteiger partial charge in [0.1, 0.15) is 6.42 Å². The third-order valence-electron chi connectivity index (χ3n) is 5.57. The molecule has 2 aliphatic rings. The molecule has 2 aromatic carbocycles. The summed E-state index contributed by atoms with van der Waals surface area (Å²) >= 11 is 0. The predicted octanol–water partition coefficient (Wildman–Crippen LogP) is 2.90. The molecule has 0 unspecified atom stereocenters. The number of ether oxygens (including phenoxy) is 2. The highest BCUT2D eigenvalue weighted by Crippen LogP contribution is 2.32. The first-order valence-corrected chi connectivity index (χ1v) is 10.1. The summed E-state index contributed by atoms with van der Waals surface area (Å²) in [6, 6.07) is 16.0. The fourth-order valence-electron chi connectivity index (χ4n) is 3.90. The van der Waals surface area contributed by atoms with E-state index < -0.39 is 0 Å². The Morgan fingerprint density at radius 2 is 1.72 bits per heavy atom. The van der Waals surface area contributed by atoms with E-state index in [0.717, 1.165) is 37.9 Å². The number of amides is 2. The van der Waals surface area contributed by atoms with Crippen LogP contribution >= 0.6 is 0 Å². The van der Waals surface area contributed by atoms with Gasteiger partial charge in [-0.1, -0.05) is 36.4 Å². The van der Waals surface area contributed by atoms with Crippen LogP contribution in [0.4, 0.5) is 0 Å². The average Bonchev–Trinajstić information content (AvgIpc) is 3.21. The van der Waals surface area contributed by atoms with Crippen LogP contribution < -0.4 is 14.8 Å². The third kappa shape index (κ3) is 5.08. The van der Waals surface area contributed by atoms with Gasteiger partial charge in [0.25, 0.3) is 0 Å². The first-order chi connectivity index (χ1) is 14.2. The number of hydrogen-bond donors (Lipinski definition) is 1. The lowest BCUT2D eigenvalue weighted by Crippen LogP contribution is -2.41. The first-order valence-electron chi connectivity index (χ1n) is 10.1. The van der Waals surface area contributed by atoms with E-state index in [0.29, 0.717) is 24.0 Å². The molecule has 4 rings (SSSR count). The number of carbonyl (C=O) groups excluding carboxylic acids is 2.